The summed E-state index contributed by atoms with van der Waals surface area (Å²) in [7, 11) is 0. The van der Waals surface area contributed by atoms with Crippen LogP contribution < -0.4 is 4.90 Å². The smallest absolute Gasteiger partial charge is 0.226 e. The van der Waals surface area contributed by atoms with Gasteiger partial charge in [-0.05, 0) is 42.1 Å². The number of anilines is 1. The highest BCUT2D eigenvalue weighted by Gasteiger charge is 2.56. The van der Waals surface area contributed by atoms with Gasteiger partial charge in [0, 0.05) is 6.54 Å². The summed E-state index contributed by atoms with van der Waals surface area (Å²) in [6.45, 7) is 4.19. The van der Waals surface area contributed by atoms with E-state index in [4.69, 9.17) is 30.8 Å². The third-order valence-corrected chi connectivity index (χ3v) is 7.51. The molecule has 3 unspecified atom stereocenters. The van der Waals surface area contributed by atoms with Crippen LogP contribution in [-0.4, -0.2) is 55.3 Å². The van der Waals surface area contributed by atoms with Gasteiger partial charge in [0.2, 0.25) is 5.28 Å². The van der Waals surface area contributed by atoms with Crippen LogP contribution in [0.5, 0.6) is 0 Å². The number of hydrogen-bond donors (Lipinski definition) is 1. The standard InChI is InChI=1S/C27H26ClN5O4/c1-27(2)36-21-18(13-34)35-25(22(21)37-27)33-14-29-19-23(30-26(28)31-24(19)33)32-12-16-10-6-7-11-17(16)20(32)15-8-4-3-5-9-15/h3-11,14,18,20-22,25,34H,12-13H2,1-2H3/t18-,20?,21?,22?,25-/m1/s1. The second-order valence-corrected chi connectivity index (χ2v) is 10.4. The summed E-state index contributed by atoms with van der Waals surface area (Å²) >= 11 is 6.53. The normalized spacial score (nSPS) is 28.1. The van der Waals surface area contributed by atoms with Crippen LogP contribution in [0.2, 0.25) is 5.28 Å². The lowest BCUT2D eigenvalue weighted by Crippen LogP contribution is -2.31. The minimum Gasteiger partial charge on any atom is -0.394 e. The topological polar surface area (TPSA) is 94.8 Å². The first kappa shape index (κ1) is 23.1. The van der Waals surface area contributed by atoms with Crippen molar-refractivity contribution in [1.29, 1.82) is 0 Å². The monoisotopic (exact) mass is 519 g/mol. The maximum Gasteiger partial charge on any atom is 0.226 e. The number of aromatic nitrogens is 4. The molecule has 5 atom stereocenters. The number of ether oxygens (including phenoxy) is 3. The van der Waals surface area contributed by atoms with Crippen molar-refractivity contribution in [2.45, 2.75) is 56.8 Å². The van der Waals surface area contributed by atoms with E-state index in [0.717, 1.165) is 5.56 Å². The SMILES string of the molecule is CC1(C)OC2C(O1)[C@@H](CO)O[C@H]2n1cnc2c(N3Cc4ccccc4C3c3ccccc3)nc(Cl)nc21. The molecule has 0 spiro atoms. The Morgan fingerprint density at radius 1 is 1.03 bits per heavy atom. The minimum atomic E-state index is -0.789. The van der Waals surface area contributed by atoms with Crippen molar-refractivity contribution in [2.24, 2.45) is 0 Å². The van der Waals surface area contributed by atoms with Crippen LogP contribution in [0, 0.1) is 0 Å². The van der Waals surface area contributed by atoms with Gasteiger partial charge in [-0.1, -0.05) is 54.6 Å². The molecule has 1 N–H and O–H groups in total. The van der Waals surface area contributed by atoms with Gasteiger partial charge >= 0.3 is 0 Å². The molecule has 2 aromatic heterocycles. The van der Waals surface area contributed by atoms with Crippen molar-refractivity contribution < 1.29 is 19.3 Å². The average Bonchev–Trinajstić information content (AvgIpc) is 3.63. The highest BCUT2D eigenvalue weighted by atomic mass is 35.5. The maximum atomic E-state index is 9.93. The van der Waals surface area contributed by atoms with Crippen molar-refractivity contribution in [3.8, 4) is 0 Å². The Bertz CT molecular complexity index is 1480. The van der Waals surface area contributed by atoms with Gasteiger partial charge in [0.15, 0.2) is 29.0 Å². The number of fused-ring (bicyclic) bond motifs is 3. The van der Waals surface area contributed by atoms with Gasteiger partial charge in [-0.3, -0.25) is 4.57 Å². The number of halogens is 1. The Morgan fingerprint density at radius 3 is 2.59 bits per heavy atom. The van der Waals surface area contributed by atoms with E-state index in [1.807, 2.05) is 36.6 Å². The summed E-state index contributed by atoms with van der Waals surface area (Å²) in [6, 6.07) is 18.7. The van der Waals surface area contributed by atoms with Crippen LogP contribution in [0.4, 0.5) is 5.82 Å². The second kappa shape index (κ2) is 8.47. The zero-order valence-electron chi connectivity index (χ0n) is 20.4. The zero-order valence-corrected chi connectivity index (χ0v) is 21.1. The Kier molecular flexibility index (Phi) is 5.28. The van der Waals surface area contributed by atoms with Crippen molar-refractivity contribution in [1.82, 2.24) is 19.5 Å². The van der Waals surface area contributed by atoms with Crippen LogP contribution in [-0.2, 0) is 20.8 Å². The molecule has 4 aromatic rings. The lowest BCUT2D eigenvalue weighted by atomic mass is 9.98. The average molecular weight is 520 g/mol. The van der Waals surface area contributed by atoms with Crippen molar-refractivity contribution in [2.75, 3.05) is 11.5 Å². The Hall–Kier alpha value is -3.08. The summed E-state index contributed by atoms with van der Waals surface area (Å²) < 4.78 is 20.2. The lowest BCUT2D eigenvalue weighted by Gasteiger charge is -2.27. The van der Waals surface area contributed by atoms with E-state index in [9.17, 15) is 5.11 Å². The van der Waals surface area contributed by atoms with Crippen molar-refractivity contribution >= 4 is 28.6 Å². The van der Waals surface area contributed by atoms with E-state index in [0.29, 0.717) is 23.5 Å². The fourth-order valence-corrected chi connectivity index (χ4v) is 6.03. The highest BCUT2D eigenvalue weighted by Crippen LogP contribution is 2.46. The van der Waals surface area contributed by atoms with Gasteiger partial charge in [-0.25, -0.2) is 4.98 Å². The van der Waals surface area contributed by atoms with Gasteiger partial charge < -0.3 is 24.2 Å². The molecular weight excluding hydrogens is 494 g/mol. The molecular formula is C27H26ClN5O4. The molecule has 7 rings (SSSR count). The molecule has 2 saturated heterocycles. The van der Waals surface area contributed by atoms with Gasteiger partial charge in [0.25, 0.3) is 0 Å². The van der Waals surface area contributed by atoms with Gasteiger partial charge in [0.05, 0.1) is 19.0 Å². The van der Waals surface area contributed by atoms with E-state index >= 15 is 0 Å². The molecule has 3 aliphatic heterocycles. The predicted molar refractivity (Wildman–Crippen MR) is 136 cm³/mol. The molecule has 0 amide bonds. The Morgan fingerprint density at radius 2 is 1.78 bits per heavy atom. The van der Waals surface area contributed by atoms with Crippen LogP contribution in [0.3, 0.4) is 0 Å². The van der Waals surface area contributed by atoms with Gasteiger partial charge in [-0.2, -0.15) is 9.97 Å². The fraction of sp³-hybridized carbons (Fsp3) is 0.370. The van der Waals surface area contributed by atoms with Crippen molar-refractivity contribution in [3.05, 3.63) is 82.9 Å². The van der Waals surface area contributed by atoms with E-state index in [1.165, 1.54) is 11.1 Å². The third-order valence-electron chi connectivity index (χ3n) is 7.34. The number of nitrogens with zero attached hydrogens (tertiary/aromatic N) is 5. The minimum absolute atomic E-state index is 0.0463. The van der Waals surface area contributed by atoms with Crippen molar-refractivity contribution in [3.63, 3.8) is 0 Å². The molecule has 190 valence electrons. The van der Waals surface area contributed by atoms with Gasteiger partial charge in [0.1, 0.15) is 18.3 Å². The van der Waals surface area contributed by atoms with E-state index < -0.39 is 30.3 Å². The lowest BCUT2D eigenvalue weighted by molar-refractivity contribution is -0.199. The summed E-state index contributed by atoms with van der Waals surface area (Å²) in [6.07, 6.45) is -0.282. The molecule has 3 aliphatic rings. The largest absolute Gasteiger partial charge is 0.394 e. The highest BCUT2D eigenvalue weighted by molar-refractivity contribution is 6.28. The number of benzene rings is 2. The third kappa shape index (κ3) is 3.65. The van der Waals surface area contributed by atoms with Crippen LogP contribution in [0.1, 0.15) is 42.8 Å². The zero-order chi connectivity index (χ0) is 25.3. The molecule has 2 fully saturated rings. The molecule has 0 radical (unpaired) electrons. The number of aliphatic hydroxyl groups excluding tert-OH is 1. The summed E-state index contributed by atoms with van der Waals surface area (Å²) in [5.74, 6) is -0.139. The van der Waals surface area contributed by atoms with E-state index in [1.54, 1.807) is 6.33 Å². The number of aliphatic hydroxyl groups is 1. The van der Waals surface area contributed by atoms with E-state index in [-0.39, 0.29) is 17.9 Å². The quantitative estimate of drug-likeness (QED) is 0.404. The predicted octanol–water partition coefficient (Wildman–Crippen LogP) is 4.00. The summed E-state index contributed by atoms with van der Waals surface area (Å²) in [5, 5.41) is 10.0. The summed E-state index contributed by atoms with van der Waals surface area (Å²) in [4.78, 5) is 16.2. The van der Waals surface area contributed by atoms with Crippen LogP contribution >= 0.6 is 11.6 Å². The van der Waals surface area contributed by atoms with Crippen LogP contribution in [0.25, 0.3) is 11.2 Å². The molecule has 9 nitrogen and oxygen atoms in total. The molecule has 10 heteroatoms. The number of rotatable bonds is 4. The molecule has 2 aromatic carbocycles. The molecule has 0 saturated carbocycles. The maximum absolute atomic E-state index is 9.93. The Labute approximate surface area is 218 Å². The molecule has 37 heavy (non-hydrogen) atoms. The van der Waals surface area contributed by atoms with Gasteiger partial charge in [-0.15, -0.1) is 0 Å². The summed E-state index contributed by atoms with van der Waals surface area (Å²) in [5.41, 5.74) is 4.76. The first-order valence-corrected chi connectivity index (χ1v) is 12.7. The number of hydrogen-bond acceptors (Lipinski definition) is 8. The molecule has 5 heterocycles. The fourth-order valence-electron chi connectivity index (χ4n) is 5.87. The second-order valence-electron chi connectivity index (χ2n) is 10.1. The first-order valence-electron chi connectivity index (χ1n) is 12.3. The number of imidazole rings is 1. The first-order chi connectivity index (χ1) is 17.9. The molecule has 0 aliphatic carbocycles. The Balaban J connectivity index is 1.34. The van der Waals surface area contributed by atoms with E-state index in [2.05, 4.69) is 51.3 Å². The van der Waals surface area contributed by atoms with Crippen LogP contribution in [0.15, 0.2) is 60.9 Å². The molecule has 0 bridgehead atoms.